The zero-order chi connectivity index (χ0) is 18.6. The molecule has 5 heteroatoms. The summed E-state index contributed by atoms with van der Waals surface area (Å²) in [5.41, 5.74) is 3.86. The van der Waals surface area contributed by atoms with Crippen LogP contribution in [0.5, 0.6) is 0 Å². The van der Waals surface area contributed by atoms with Crippen molar-refractivity contribution < 1.29 is 5.11 Å². The number of fused-ring (bicyclic) bond motifs is 1. The molecular formula is C23H34ClN3O. The Bertz CT molecular complexity index is 739. The van der Waals surface area contributed by atoms with Crippen molar-refractivity contribution in [2.45, 2.75) is 58.5 Å². The predicted octanol–water partition coefficient (Wildman–Crippen LogP) is 4.43. The van der Waals surface area contributed by atoms with Crippen molar-refractivity contribution in [3.63, 3.8) is 0 Å². The number of aryl methyl sites for hydroxylation is 1. The van der Waals surface area contributed by atoms with Gasteiger partial charge in [-0.25, -0.2) is 0 Å². The second-order valence-corrected chi connectivity index (χ2v) is 8.28. The van der Waals surface area contributed by atoms with Crippen LogP contribution in [0.3, 0.4) is 0 Å². The molecule has 1 aromatic carbocycles. The summed E-state index contributed by atoms with van der Waals surface area (Å²) in [4.78, 5) is 4.83. The van der Waals surface area contributed by atoms with Gasteiger partial charge in [0.2, 0.25) is 0 Å². The topological polar surface area (TPSA) is 31.6 Å². The van der Waals surface area contributed by atoms with Gasteiger partial charge in [0.1, 0.15) is 6.23 Å². The number of likely N-dealkylation sites (tertiary alicyclic amines) is 1. The van der Waals surface area contributed by atoms with Crippen LogP contribution in [0.25, 0.3) is 0 Å². The van der Waals surface area contributed by atoms with Crippen molar-refractivity contribution >= 4 is 12.4 Å². The van der Waals surface area contributed by atoms with Gasteiger partial charge in [-0.1, -0.05) is 37.6 Å². The van der Waals surface area contributed by atoms with Gasteiger partial charge in [0.05, 0.1) is 6.67 Å². The minimum atomic E-state index is -0.416. The Morgan fingerprint density at radius 2 is 1.86 bits per heavy atom. The summed E-state index contributed by atoms with van der Waals surface area (Å²) in [5, 5.41) is 10.6. The number of piperidine rings is 1. The molecule has 0 bridgehead atoms. The first kappa shape index (κ1) is 21.4. The maximum absolute atomic E-state index is 10.6. The van der Waals surface area contributed by atoms with Crippen LogP contribution >= 0.6 is 12.4 Å². The maximum atomic E-state index is 10.6. The lowest BCUT2D eigenvalue weighted by molar-refractivity contribution is -0.00508. The van der Waals surface area contributed by atoms with Gasteiger partial charge in [-0.15, -0.1) is 12.4 Å². The van der Waals surface area contributed by atoms with E-state index in [-0.39, 0.29) is 12.4 Å². The molecule has 28 heavy (non-hydrogen) atoms. The molecule has 1 N–H and O–H groups in total. The van der Waals surface area contributed by atoms with Gasteiger partial charge in [-0.05, 0) is 54.9 Å². The number of hydrogen-bond acceptors (Lipinski definition) is 3. The number of aliphatic hydroxyl groups is 1. The van der Waals surface area contributed by atoms with Gasteiger partial charge in [0.25, 0.3) is 0 Å². The Kier molecular flexibility index (Phi) is 7.58. The number of hydrogen-bond donors (Lipinski definition) is 1. The summed E-state index contributed by atoms with van der Waals surface area (Å²) in [5.74, 6) is 0.689. The van der Waals surface area contributed by atoms with Crippen LogP contribution in [0.2, 0.25) is 0 Å². The second-order valence-electron chi connectivity index (χ2n) is 8.28. The SMILES string of the molecule is CCCCc1cccn1CN1CCC(CN2Cc3ccccc3C2O)CC1.Cl. The van der Waals surface area contributed by atoms with Gasteiger partial charge in [-0.2, -0.15) is 0 Å². The summed E-state index contributed by atoms with van der Waals surface area (Å²) in [6, 6.07) is 12.8. The lowest BCUT2D eigenvalue weighted by atomic mass is 9.96. The van der Waals surface area contributed by atoms with Crippen LogP contribution in [0.15, 0.2) is 42.6 Å². The van der Waals surface area contributed by atoms with Crippen LogP contribution in [-0.2, 0) is 19.6 Å². The van der Waals surface area contributed by atoms with Crippen LogP contribution in [0.4, 0.5) is 0 Å². The van der Waals surface area contributed by atoms with Crippen molar-refractivity contribution in [2.75, 3.05) is 19.6 Å². The highest BCUT2D eigenvalue weighted by Gasteiger charge is 2.30. The normalized spacial score (nSPS) is 20.9. The first-order valence-corrected chi connectivity index (χ1v) is 10.6. The predicted molar refractivity (Wildman–Crippen MR) is 116 cm³/mol. The van der Waals surface area contributed by atoms with E-state index >= 15 is 0 Å². The fraction of sp³-hybridized carbons (Fsp3) is 0.565. The van der Waals surface area contributed by atoms with Crippen molar-refractivity contribution in [3.05, 3.63) is 59.4 Å². The maximum Gasteiger partial charge on any atom is 0.134 e. The van der Waals surface area contributed by atoms with E-state index in [4.69, 9.17) is 0 Å². The van der Waals surface area contributed by atoms with E-state index in [1.165, 1.54) is 43.4 Å². The van der Waals surface area contributed by atoms with E-state index in [2.05, 4.69) is 57.8 Å². The monoisotopic (exact) mass is 403 g/mol. The molecule has 1 atom stereocenters. The third kappa shape index (κ3) is 4.80. The lowest BCUT2D eigenvalue weighted by Gasteiger charge is -2.35. The fourth-order valence-corrected chi connectivity index (χ4v) is 4.63. The molecule has 2 aliphatic rings. The minimum Gasteiger partial charge on any atom is -0.374 e. The highest BCUT2D eigenvalue weighted by atomic mass is 35.5. The van der Waals surface area contributed by atoms with Crippen LogP contribution in [0, 0.1) is 5.92 Å². The molecule has 0 spiro atoms. The molecule has 1 unspecified atom stereocenters. The molecule has 154 valence electrons. The highest BCUT2D eigenvalue weighted by molar-refractivity contribution is 5.85. The van der Waals surface area contributed by atoms with Crippen molar-refractivity contribution in [2.24, 2.45) is 5.92 Å². The van der Waals surface area contributed by atoms with Crippen molar-refractivity contribution in [1.82, 2.24) is 14.4 Å². The number of aliphatic hydroxyl groups excluding tert-OH is 1. The molecule has 0 radical (unpaired) electrons. The highest BCUT2D eigenvalue weighted by Crippen LogP contribution is 2.33. The van der Waals surface area contributed by atoms with Crippen LogP contribution < -0.4 is 0 Å². The third-order valence-electron chi connectivity index (χ3n) is 6.31. The number of nitrogens with zero attached hydrogens (tertiary/aromatic N) is 3. The molecule has 4 nitrogen and oxygen atoms in total. The van der Waals surface area contributed by atoms with Gasteiger partial charge in [0, 0.05) is 38.1 Å². The molecule has 4 rings (SSSR count). The second kappa shape index (κ2) is 9.93. The van der Waals surface area contributed by atoms with E-state index in [0.29, 0.717) is 5.92 Å². The third-order valence-corrected chi connectivity index (χ3v) is 6.31. The van der Waals surface area contributed by atoms with E-state index in [1.54, 1.807) is 0 Å². The van der Waals surface area contributed by atoms with E-state index < -0.39 is 6.23 Å². The van der Waals surface area contributed by atoms with Crippen molar-refractivity contribution in [1.29, 1.82) is 0 Å². The number of benzene rings is 1. The van der Waals surface area contributed by atoms with E-state index in [0.717, 1.165) is 38.4 Å². The molecule has 2 aromatic rings. The molecule has 1 aromatic heterocycles. The smallest absolute Gasteiger partial charge is 0.134 e. The van der Waals surface area contributed by atoms with Crippen molar-refractivity contribution in [3.8, 4) is 0 Å². The Hall–Kier alpha value is -1.33. The molecule has 1 fully saturated rings. The Balaban J connectivity index is 0.00000225. The quantitative estimate of drug-likeness (QED) is 0.742. The Morgan fingerprint density at radius 1 is 1.07 bits per heavy atom. The molecule has 0 amide bonds. The van der Waals surface area contributed by atoms with Gasteiger partial charge >= 0.3 is 0 Å². The standard InChI is InChI=1S/C23H33N3O.ClH/c1-2-3-8-21-9-6-13-25(21)18-24-14-11-19(12-15-24)16-26-17-20-7-4-5-10-22(20)23(26)27;/h4-7,9-10,13,19,23,27H,2-3,8,11-12,14-18H2,1H3;1H. The lowest BCUT2D eigenvalue weighted by Crippen LogP contribution is -2.39. The number of rotatable bonds is 7. The Labute approximate surface area is 175 Å². The summed E-state index contributed by atoms with van der Waals surface area (Å²) in [6.45, 7) is 7.50. The van der Waals surface area contributed by atoms with E-state index in [1.807, 2.05) is 6.07 Å². The fourth-order valence-electron chi connectivity index (χ4n) is 4.63. The molecule has 3 heterocycles. The first-order chi connectivity index (χ1) is 13.2. The van der Waals surface area contributed by atoms with E-state index in [9.17, 15) is 5.11 Å². The summed E-state index contributed by atoms with van der Waals surface area (Å²) >= 11 is 0. The number of halogens is 1. The van der Waals surface area contributed by atoms with Crippen LogP contribution in [-0.4, -0.2) is 39.1 Å². The molecule has 0 saturated carbocycles. The van der Waals surface area contributed by atoms with Gasteiger partial charge in [0.15, 0.2) is 0 Å². The summed E-state index contributed by atoms with van der Waals surface area (Å²) in [7, 11) is 0. The average Bonchev–Trinajstić information content (AvgIpc) is 3.26. The molecule has 0 aliphatic carbocycles. The summed E-state index contributed by atoms with van der Waals surface area (Å²) < 4.78 is 2.43. The summed E-state index contributed by atoms with van der Waals surface area (Å²) in [6.07, 6.45) is 7.98. The average molecular weight is 404 g/mol. The van der Waals surface area contributed by atoms with Gasteiger partial charge < -0.3 is 9.67 Å². The number of unbranched alkanes of at least 4 members (excludes halogenated alkanes) is 1. The largest absolute Gasteiger partial charge is 0.374 e. The zero-order valence-electron chi connectivity index (χ0n) is 17.0. The van der Waals surface area contributed by atoms with Gasteiger partial charge in [-0.3, -0.25) is 9.80 Å². The molecule has 1 saturated heterocycles. The van der Waals surface area contributed by atoms with Crippen LogP contribution in [0.1, 0.15) is 55.7 Å². The minimum absolute atomic E-state index is 0. The first-order valence-electron chi connectivity index (χ1n) is 10.6. The molecule has 2 aliphatic heterocycles. The zero-order valence-corrected chi connectivity index (χ0v) is 17.8. The molecular weight excluding hydrogens is 370 g/mol. The Morgan fingerprint density at radius 3 is 2.61 bits per heavy atom. The number of aromatic nitrogens is 1.